The Labute approximate surface area is 101 Å². The zero-order valence-electron chi connectivity index (χ0n) is 10.0. The van der Waals surface area contributed by atoms with Gasteiger partial charge in [0.05, 0.1) is 32.5 Å². The molecule has 1 aromatic rings. The molecule has 1 aliphatic heterocycles. The van der Waals surface area contributed by atoms with E-state index in [1.807, 2.05) is 0 Å². The van der Waals surface area contributed by atoms with Gasteiger partial charge in [-0.3, -0.25) is 0 Å². The van der Waals surface area contributed by atoms with E-state index in [0.29, 0.717) is 23.7 Å². The smallest absolute Gasteiger partial charge is 0.140 e. The molecule has 0 saturated carbocycles. The first kappa shape index (κ1) is 11.7. The van der Waals surface area contributed by atoms with Crippen LogP contribution in [0.1, 0.15) is 12.5 Å². The second kappa shape index (κ2) is 4.64. The van der Waals surface area contributed by atoms with Crippen molar-refractivity contribution in [3.8, 4) is 17.6 Å². The maximum Gasteiger partial charge on any atom is 0.140 e. The maximum absolute atomic E-state index is 8.86. The van der Waals surface area contributed by atoms with Crippen molar-refractivity contribution in [3.63, 3.8) is 0 Å². The molecule has 4 nitrogen and oxygen atoms in total. The standard InChI is InChI=1S/C13H15NO3/c1-13(7-16-8-13)9-17-11-4-3-10(6-14)12(5-11)15-2/h3-5H,7-9H2,1-2H3. The van der Waals surface area contributed by atoms with Crippen molar-refractivity contribution < 1.29 is 14.2 Å². The Kier molecular flexibility index (Phi) is 3.21. The van der Waals surface area contributed by atoms with Crippen LogP contribution in [0.5, 0.6) is 11.5 Å². The molecule has 90 valence electrons. The molecule has 0 spiro atoms. The molecular formula is C13H15NO3. The van der Waals surface area contributed by atoms with E-state index in [0.717, 1.165) is 13.2 Å². The van der Waals surface area contributed by atoms with Crippen LogP contribution in [0.15, 0.2) is 18.2 Å². The second-order valence-electron chi connectivity index (χ2n) is 4.57. The third-order valence-corrected chi connectivity index (χ3v) is 2.78. The first-order valence-electron chi connectivity index (χ1n) is 5.45. The summed E-state index contributed by atoms with van der Waals surface area (Å²) >= 11 is 0. The molecule has 0 aromatic heterocycles. The molecule has 0 bridgehead atoms. The van der Waals surface area contributed by atoms with Gasteiger partial charge in [0.1, 0.15) is 17.6 Å². The highest BCUT2D eigenvalue weighted by Gasteiger charge is 2.34. The first-order valence-corrected chi connectivity index (χ1v) is 5.45. The van der Waals surface area contributed by atoms with E-state index < -0.39 is 0 Å². The molecule has 2 rings (SSSR count). The Balaban J connectivity index is 2.04. The molecular weight excluding hydrogens is 218 g/mol. The normalized spacial score (nSPS) is 16.8. The van der Waals surface area contributed by atoms with Crippen molar-refractivity contribution in [2.24, 2.45) is 5.41 Å². The minimum absolute atomic E-state index is 0.112. The summed E-state index contributed by atoms with van der Waals surface area (Å²) in [5.41, 5.74) is 0.624. The van der Waals surface area contributed by atoms with Crippen molar-refractivity contribution in [1.82, 2.24) is 0 Å². The minimum atomic E-state index is 0.112. The Hall–Kier alpha value is -1.73. The van der Waals surface area contributed by atoms with Gasteiger partial charge in [-0.2, -0.15) is 5.26 Å². The topological polar surface area (TPSA) is 51.5 Å². The summed E-state index contributed by atoms with van der Waals surface area (Å²) in [7, 11) is 1.54. The molecule has 1 saturated heterocycles. The monoisotopic (exact) mass is 233 g/mol. The highest BCUT2D eigenvalue weighted by molar-refractivity contribution is 5.47. The SMILES string of the molecule is COc1cc(OCC2(C)COC2)ccc1C#N. The zero-order valence-corrected chi connectivity index (χ0v) is 10.0. The zero-order chi connectivity index (χ0) is 12.3. The molecule has 0 unspecified atom stereocenters. The van der Waals surface area contributed by atoms with Crippen molar-refractivity contribution >= 4 is 0 Å². The summed E-state index contributed by atoms with van der Waals surface area (Å²) in [5, 5.41) is 8.86. The molecule has 4 heteroatoms. The predicted octanol–water partition coefficient (Wildman–Crippen LogP) is 1.98. The molecule has 0 amide bonds. The minimum Gasteiger partial charge on any atom is -0.495 e. The van der Waals surface area contributed by atoms with Gasteiger partial charge >= 0.3 is 0 Å². The van der Waals surface area contributed by atoms with Gasteiger partial charge in [-0.05, 0) is 12.1 Å². The van der Waals surface area contributed by atoms with Crippen LogP contribution >= 0.6 is 0 Å². The molecule has 1 heterocycles. The summed E-state index contributed by atoms with van der Waals surface area (Å²) in [6.45, 7) is 4.21. The van der Waals surface area contributed by atoms with Crippen molar-refractivity contribution in [2.45, 2.75) is 6.92 Å². The van der Waals surface area contributed by atoms with Crippen LogP contribution in [0, 0.1) is 16.7 Å². The fraction of sp³-hybridized carbons (Fsp3) is 0.462. The molecule has 0 radical (unpaired) electrons. The maximum atomic E-state index is 8.86. The lowest BCUT2D eigenvalue weighted by Gasteiger charge is -2.37. The summed E-state index contributed by atoms with van der Waals surface area (Å²) in [5.74, 6) is 1.26. The summed E-state index contributed by atoms with van der Waals surface area (Å²) < 4.78 is 16.0. The lowest BCUT2D eigenvalue weighted by molar-refractivity contribution is -0.120. The van der Waals surface area contributed by atoms with E-state index in [1.165, 1.54) is 0 Å². The van der Waals surface area contributed by atoms with Gasteiger partial charge in [-0.25, -0.2) is 0 Å². The van der Waals surface area contributed by atoms with Crippen LogP contribution in [-0.4, -0.2) is 26.9 Å². The molecule has 0 N–H and O–H groups in total. The van der Waals surface area contributed by atoms with Crippen molar-refractivity contribution in [2.75, 3.05) is 26.9 Å². The van der Waals surface area contributed by atoms with E-state index in [9.17, 15) is 0 Å². The average molecular weight is 233 g/mol. The van der Waals surface area contributed by atoms with Crippen molar-refractivity contribution in [3.05, 3.63) is 23.8 Å². The number of nitriles is 1. The molecule has 0 aliphatic carbocycles. The van der Waals surface area contributed by atoms with Gasteiger partial charge in [0, 0.05) is 11.5 Å². The Morgan fingerprint density at radius 2 is 2.24 bits per heavy atom. The molecule has 17 heavy (non-hydrogen) atoms. The molecule has 1 fully saturated rings. The van der Waals surface area contributed by atoms with E-state index in [4.69, 9.17) is 19.5 Å². The van der Waals surface area contributed by atoms with Crippen LogP contribution in [0.4, 0.5) is 0 Å². The first-order chi connectivity index (χ1) is 8.17. The van der Waals surface area contributed by atoms with E-state index >= 15 is 0 Å². The van der Waals surface area contributed by atoms with Gasteiger partial charge in [0.15, 0.2) is 0 Å². The van der Waals surface area contributed by atoms with Gasteiger partial charge in [-0.1, -0.05) is 6.92 Å². The third-order valence-electron chi connectivity index (χ3n) is 2.78. The number of hydrogen-bond donors (Lipinski definition) is 0. The molecule has 0 atom stereocenters. The summed E-state index contributed by atoms with van der Waals surface area (Å²) in [6.07, 6.45) is 0. The summed E-state index contributed by atoms with van der Waals surface area (Å²) in [4.78, 5) is 0. The fourth-order valence-electron chi connectivity index (χ4n) is 1.65. The fourth-order valence-corrected chi connectivity index (χ4v) is 1.65. The van der Waals surface area contributed by atoms with Crippen LogP contribution in [-0.2, 0) is 4.74 Å². The highest BCUT2D eigenvalue weighted by Crippen LogP contribution is 2.29. The Morgan fingerprint density at radius 3 is 2.76 bits per heavy atom. The average Bonchev–Trinajstić information content (AvgIpc) is 2.33. The third kappa shape index (κ3) is 2.51. The van der Waals surface area contributed by atoms with Gasteiger partial charge < -0.3 is 14.2 Å². The van der Waals surface area contributed by atoms with E-state index in [2.05, 4.69) is 13.0 Å². The van der Waals surface area contributed by atoms with Gasteiger partial charge in [-0.15, -0.1) is 0 Å². The van der Waals surface area contributed by atoms with E-state index in [1.54, 1.807) is 25.3 Å². The number of hydrogen-bond acceptors (Lipinski definition) is 4. The quantitative estimate of drug-likeness (QED) is 0.798. The Bertz CT molecular complexity index is 446. The number of rotatable bonds is 4. The molecule has 1 aliphatic rings. The Morgan fingerprint density at radius 1 is 1.47 bits per heavy atom. The van der Waals surface area contributed by atoms with Crippen LogP contribution in [0.2, 0.25) is 0 Å². The lowest BCUT2D eigenvalue weighted by atomic mass is 9.90. The lowest BCUT2D eigenvalue weighted by Crippen LogP contribution is -2.44. The predicted molar refractivity (Wildman–Crippen MR) is 62.1 cm³/mol. The van der Waals surface area contributed by atoms with Crippen LogP contribution in [0.3, 0.4) is 0 Å². The van der Waals surface area contributed by atoms with Crippen molar-refractivity contribution in [1.29, 1.82) is 5.26 Å². The van der Waals surface area contributed by atoms with Gasteiger partial charge in [0.25, 0.3) is 0 Å². The highest BCUT2D eigenvalue weighted by atomic mass is 16.5. The van der Waals surface area contributed by atoms with Gasteiger partial charge in [0.2, 0.25) is 0 Å². The number of nitrogens with zero attached hydrogens (tertiary/aromatic N) is 1. The number of benzene rings is 1. The van der Waals surface area contributed by atoms with E-state index in [-0.39, 0.29) is 5.41 Å². The number of ether oxygens (including phenoxy) is 3. The largest absolute Gasteiger partial charge is 0.495 e. The molecule has 1 aromatic carbocycles. The second-order valence-corrected chi connectivity index (χ2v) is 4.57. The van der Waals surface area contributed by atoms with Crippen LogP contribution < -0.4 is 9.47 Å². The number of methoxy groups -OCH3 is 1. The van der Waals surface area contributed by atoms with Crippen LogP contribution in [0.25, 0.3) is 0 Å². The summed E-state index contributed by atoms with van der Waals surface area (Å²) in [6, 6.07) is 7.29.